The van der Waals surface area contributed by atoms with Crippen molar-refractivity contribution in [1.29, 1.82) is 0 Å². The Balaban J connectivity index is 2.07. The number of hydrogen-bond acceptors (Lipinski definition) is 2. The largest absolute Gasteiger partial charge is 0.481 e. The smallest absolute Gasteiger partial charge is 0.310 e. The molecule has 4 nitrogen and oxygen atoms in total. The first-order valence-electron chi connectivity index (χ1n) is 7.22. The molecule has 0 bridgehead atoms. The zero-order chi connectivity index (χ0) is 15.5. The Bertz CT molecular complexity index is 550. The molecule has 0 spiro atoms. The maximum atomic E-state index is 12.2. The normalized spacial score (nSPS) is 17.2. The molecule has 1 amide bonds. The minimum Gasteiger partial charge on any atom is -0.481 e. The molecular weight excluding hydrogens is 290 g/mol. The highest BCUT2D eigenvalue weighted by molar-refractivity contribution is 6.30. The molecule has 1 saturated carbocycles. The average molecular weight is 310 g/mol. The average Bonchev–Trinajstić information content (AvgIpc) is 2.43. The Labute approximate surface area is 129 Å². The third-order valence-electron chi connectivity index (χ3n) is 4.23. The Morgan fingerprint density at radius 3 is 2.52 bits per heavy atom. The van der Waals surface area contributed by atoms with Crippen LogP contribution in [0.4, 0.5) is 5.69 Å². The van der Waals surface area contributed by atoms with Crippen LogP contribution in [0.3, 0.4) is 0 Å². The quantitative estimate of drug-likeness (QED) is 0.883. The lowest BCUT2D eigenvalue weighted by atomic mass is 9.71. The van der Waals surface area contributed by atoms with Crippen molar-refractivity contribution in [1.82, 2.24) is 0 Å². The standard InChI is InChI=1S/C16H20ClNO3/c1-11-9-12(17)5-6-13(11)18-14(19)10-16(15(20)21)7-3-2-4-8-16/h5-6,9H,2-4,7-8,10H2,1H3,(H,18,19)(H,20,21). The number of halogens is 1. The van der Waals surface area contributed by atoms with Crippen molar-refractivity contribution in [2.45, 2.75) is 45.4 Å². The summed E-state index contributed by atoms with van der Waals surface area (Å²) in [5.74, 6) is -1.10. The molecule has 0 unspecified atom stereocenters. The lowest BCUT2D eigenvalue weighted by molar-refractivity contribution is -0.153. The molecule has 0 heterocycles. The van der Waals surface area contributed by atoms with E-state index in [0.717, 1.165) is 24.8 Å². The summed E-state index contributed by atoms with van der Waals surface area (Å²) in [4.78, 5) is 23.8. The van der Waals surface area contributed by atoms with Crippen molar-refractivity contribution in [3.8, 4) is 0 Å². The molecule has 5 heteroatoms. The molecule has 1 fully saturated rings. The summed E-state index contributed by atoms with van der Waals surface area (Å²) < 4.78 is 0. The lowest BCUT2D eigenvalue weighted by Crippen LogP contribution is -2.37. The van der Waals surface area contributed by atoms with Crippen LogP contribution in [-0.4, -0.2) is 17.0 Å². The summed E-state index contributed by atoms with van der Waals surface area (Å²) in [6.45, 7) is 1.86. The third kappa shape index (κ3) is 3.76. The number of aliphatic carboxylic acids is 1. The second-order valence-corrected chi connectivity index (χ2v) is 6.27. The number of hydrogen-bond donors (Lipinski definition) is 2. The maximum Gasteiger partial charge on any atom is 0.310 e. The zero-order valence-electron chi connectivity index (χ0n) is 12.1. The fraction of sp³-hybridized carbons (Fsp3) is 0.500. The molecule has 0 aliphatic heterocycles. The molecule has 0 atom stereocenters. The summed E-state index contributed by atoms with van der Waals surface area (Å²) >= 11 is 5.88. The van der Waals surface area contributed by atoms with Gasteiger partial charge in [0.2, 0.25) is 5.91 Å². The van der Waals surface area contributed by atoms with Gasteiger partial charge in [-0.2, -0.15) is 0 Å². The van der Waals surface area contributed by atoms with Gasteiger partial charge in [-0.15, -0.1) is 0 Å². The molecule has 1 aromatic carbocycles. The van der Waals surface area contributed by atoms with Crippen molar-refractivity contribution in [2.24, 2.45) is 5.41 Å². The highest BCUT2D eigenvalue weighted by Gasteiger charge is 2.41. The van der Waals surface area contributed by atoms with E-state index >= 15 is 0 Å². The maximum absolute atomic E-state index is 12.2. The summed E-state index contributed by atoms with van der Waals surface area (Å²) in [6.07, 6.45) is 3.99. The first kappa shape index (κ1) is 15.8. The molecule has 0 aromatic heterocycles. The van der Waals surface area contributed by atoms with Crippen molar-refractivity contribution in [3.05, 3.63) is 28.8 Å². The van der Waals surface area contributed by atoms with Crippen molar-refractivity contribution < 1.29 is 14.7 Å². The van der Waals surface area contributed by atoms with Gasteiger partial charge in [-0.3, -0.25) is 9.59 Å². The molecule has 21 heavy (non-hydrogen) atoms. The monoisotopic (exact) mass is 309 g/mol. The van der Waals surface area contributed by atoms with Crippen molar-refractivity contribution in [3.63, 3.8) is 0 Å². The number of carbonyl (C=O) groups excluding carboxylic acids is 1. The first-order valence-corrected chi connectivity index (χ1v) is 7.60. The van der Waals surface area contributed by atoms with Gasteiger partial charge in [-0.1, -0.05) is 30.9 Å². The van der Waals surface area contributed by atoms with E-state index in [2.05, 4.69) is 5.32 Å². The van der Waals surface area contributed by atoms with E-state index < -0.39 is 11.4 Å². The molecule has 1 aliphatic carbocycles. The summed E-state index contributed by atoms with van der Waals surface area (Å²) in [5, 5.41) is 12.9. The van der Waals surface area contributed by atoms with Crippen LogP contribution in [0, 0.1) is 12.3 Å². The van der Waals surface area contributed by atoms with E-state index in [4.69, 9.17) is 11.6 Å². The number of carboxylic acids is 1. The molecular formula is C16H20ClNO3. The SMILES string of the molecule is Cc1cc(Cl)ccc1NC(=O)CC1(C(=O)O)CCCCC1. The third-order valence-corrected chi connectivity index (χ3v) is 4.46. The van der Waals surface area contributed by atoms with E-state index in [9.17, 15) is 14.7 Å². The van der Waals surface area contributed by atoms with Crippen LogP contribution >= 0.6 is 11.6 Å². The Hall–Kier alpha value is -1.55. The van der Waals surface area contributed by atoms with Crippen molar-refractivity contribution in [2.75, 3.05) is 5.32 Å². The highest BCUT2D eigenvalue weighted by Crippen LogP contribution is 2.40. The number of benzene rings is 1. The van der Waals surface area contributed by atoms with Gasteiger partial charge in [0.1, 0.15) is 0 Å². The van der Waals surface area contributed by atoms with Gasteiger partial charge in [0.25, 0.3) is 0 Å². The number of rotatable bonds is 4. The summed E-state index contributed by atoms with van der Waals surface area (Å²) in [7, 11) is 0. The van der Waals surface area contributed by atoms with Crippen LogP contribution in [0.2, 0.25) is 5.02 Å². The van der Waals surface area contributed by atoms with Crippen LogP contribution in [0.1, 0.15) is 44.1 Å². The van der Waals surface area contributed by atoms with E-state index in [0.29, 0.717) is 23.6 Å². The van der Waals surface area contributed by atoms with Gasteiger partial charge >= 0.3 is 5.97 Å². The number of amides is 1. The minimum absolute atomic E-state index is 0.0321. The number of aryl methyl sites for hydroxylation is 1. The number of carbonyl (C=O) groups is 2. The molecule has 1 aliphatic rings. The Morgan fingerprint density at radius 1 is 1.29 bits per heavy atom. The van der Waals surface area contributed by atoms with E-state index in [1.807, 2.05) is 6.92 Å². The van der Waals surface area contributed by atoms with Crippen LogP contribution in [0.5, 0.6) is 0 Å². The second kappa shape index (κ2) is 6.48. The Morgan fingerprint density at radius 2 is 1.95 bits per heavy atom. The molecule has 2 rings (SSSR count). The highest BCUT2D eigenvalue weighted by atomic mass is 35.5. The van der Waals surface area contributed by atoms with Crippen LogP contribution < -0.4 is 5.32 Å². The molecule has 2 N–H and O–H groups in total. The molecule has 114 valence electrons. The van der Waals surface area contributed by atoms with Gasteiger partial charge < -0.3 is 10.4 Å². The van der Waals surface area contributed by atoms with Gasteiger partial charge in [0.15, 0.2) is 0 Å². The van der Waals surface area contributed by atoms with Gasteiger partial charge in [-0.05, 0) is 43.5 Å². The Kier molecular flexibility index (Phi) is 4.88. The number of nitrogens with one attached hydrogen (secondary N) is 1. The molecule has 1 aromatic rings. The topological polar surface area (TPSA) is 66.4 Å². The van der Waals surface area contributed by atoms with E-state index in [-0.39, 0.29) is 12.3 Å². The van der Waals surface area contributed by atoms with Gasteiger partial charge in [-0.25, -0.2) is 0 Å². The summed E-state index contributed by atoms with van der Waals surface area (Å²) in [5.41, 5.74) is 0.646. The molecule has 0 radical (unpaired) electrons. The van der Waals surface area contributed by atoms with Crippen LogP contribution in [0.15, 0.2) is 18.2 Å². The fourth-order valence-electron chi connectivity index (χ4n) is 2.96. The predicted octanol–water partition coefficient (Wildman–Crippen LogP) is 4.01. The van der Waals surface area contributed by atoms with Crippen LogP contribution in [-0.2, 0) is 9.59 Å². The first-order chi connectivity index (χ1) is 9.93. The lowest BCUT2D eigenvalue weighted by Gasteiger charge is -2.32. The zero-order valence-corrected chi connectivity index (χ0v) is 12.9. The van der Waals surface area contributed by atoms with Gasteiger partial charge in [0.05, 0.1) is 5.41 Å². The van der Waals surface area contributed by atoms with E-state index in [1.54, 1.807) is 18.2 Å². The number of anilines is 1. The van der Waals surface area contributed by atoms with Crippen molar-refractivity contribution >= 4 is 29.2 Å². The number of carboxylic acid groups (broad SMARTS) is 1. The van der Waals surface area contributed by atoms with Crippen LogP contribution in [0.25, 0.3) is 0 Å². The summed E-state index contributed by atoms with van der Waals surface area (Å²) in [6, 6.07) is 5.21. The minimum atomic E-state index is -0.900. The van der Waals surface area contributed by atoms with Gasteiger partial charge in [0, 0.05) is 17.1 Å². The molecule has 0 saturated heterocycles. The predicted molar refractivity (Wildman–Crippen MR) is 82.6 cm³/mol. The van der Waals surface area contributed by atoms with E-state index in [1.165, 1.54) is 0 Å². The second-order valence-electron chi connectivity index (χ2n) is 5.83. The fourth-order valence-corrected chi connectivity index (χ4v) is 3.19.